The first kappa shape index (κ1) is 24.1. The predicted molar refractivity (Wildman–Crippen MR) is 95.4 cm³/mol. The van der Waals surface area contributed by atoms with Crippen molar-refractivity contribution in [2.24, 2.45) is 0 Å². The van der Waals surface area contributed by atoms with E-state index in [0.29, 0.717) is 5.76 Å². The molecule has 0 aromatic carbocycles. The lowest BCUT2D eigenvalue weighted by Gasteiger charge is -1.98. The van der Waals surface area contributed by atoms with E-state index in [2.05, 4.69) is 53.3 Å². The third-order valence-corrected chi connectivity index (χ3v) is 2.65. The molecule has 0 spiro atoms. The summed E-state index contributed by atoms with van der Waals surface area (Å²) in [5, 5.41) is 8.58. The highest BCUT2D eigenvalue weighted by atomic mass is 16.3. The maximum atomic E-state index is 8.58. The van der Waals surface area contributed by atoms with E-state index in [1.165, 1.54) is 24.0 Å². The van der Waals surface area contributed by atoms with Crippen molar-refractivity contribution in [3.8, 4) is 0 Å². The topological polar surface area (TPSA) is 20.2 Å². The Morgan fingerprint density at radius 1 is 1.05 bits per heavy atom. The van der Waals surface area contributed by atoms with Crippen LogP contribution in [-0.2, 0) is 0 Å². The molecular formula is C19H38O. The van der Waals surface area contributed by atoms with Gasteiger partial charge in [-0.1, -0.05) is 71.8 Å². The first-order valence-electron chi connectivity index (χ1n) is 8.19. The van der Waals surface area contributed by atoms with Gasteiger partial charge in [0.25, 0.3) is 0 Å². The van der Waals surface area contributed by atoms with E-state index >= 15 is 0 Å². The number of unbranched alkanes of at least 4 members (excludes halogenated alkanes) is 2. The SMILES string of the molecule is C=C(O)CCCCC.CC.CC/C=C\C(CC)=C(C)C. The van der Waals surface area contributed by atoms with E-state index in [1.807, 2.05) is 13.8 Å². The molecule has 0 radical (unpaired) electrons. The van der Waals surface area contributed by atoms with Gasteiger partial charge in [0.05, 0.1) is 5.76 Å². The molecule has 0 rings (SSSR count). The van der Waals surface area contributed by atoms with Gasteiger partial charge in [-0.25, -0.2) is 0 Å². The Morgan fingerprint density at radius 3 is 1.90 bits per heavy atom. The van der Waals surface area contributed by atoms with Crippen molar-refractivity contribution in [2.75, 3.05) is 0 Å². The quantitative estimate of drug-likeness (QED) is 0.294. The molecule has 0 aliphatic heterocycles. The maximum absolute atomic E-state index is 8.58. The molecule has 0 unspecified atom stereocenters. The van der Waals surface area contributed by atoms with Gasteiger partial charge in [-0.15, -0.1) is 0 Å². The Hall–Kier alpha value is -0.980. The van der Waals surface area contributed by atoms with Crippen LogP contribution in [0.4, 0.5) is 0 Å². The second-order valence-electron chi connectivity index (χ2n) is 4.71. The molecule has 0 amide bonds. The second kappa shape index (κ2) is 20.3. The fraction of sp³-hybridized carbons (Fsp3) is 0.684. The standard InChI is InChI=1S/C10H18.C7H14O.C2H6/c1-5-7-8-10(6-2)9(3)4;1-3-4-5-6-7(2)8;1-2/h7-8H,5-6H2,1-4H3;8H,2-6H2,1H3;1-2H3/b8-7-;;. The molecule has 20 heavy (non-hydrogen) atoms. The molecule has 1 nitrogen and oxygen atoms in total. The van der Waals surface area contributed by atoms with E-state index in [9.17, 15) is 0 Å². The molecule has 0 bridgehead atoms. The summed E-state index contributed by atoms with van der Waals surface area (Å²) in [4.78, 5) is 0. The summed E-state index contributed by atoms with van der Waals surface area (Å²) in [5.41, 5.74) is 2.91. The van der Waals surface area contributed by atoms with Crippen molar-refractivity contribution in [2.45, 2.75) is 87.0 Å². The molecule has 0 saturated heterocycles. The van der Waals surface area contributed by atoms with Gasteiger partial charge in [0.1, 0.15) is 0 Å². The normalized spacial score (nSPS) is 9.15. The molecule has 0 aliphatic carbocycles. The molecule has 0 heterocycles. The highest BCUT2D eigenvalue weighted by Crippen LogP contribution is 2.09. The first-order chi connectivity index (χ1) is 9.49. The lowest BCUT2D eigenvalue weighted by molar-refractivity contribution is 0.384. The largest absolute Gasteiger partial charge is 0.513 e. The third-order valence-electron chi connectivity index (χ3n) is 2.65. The van der Waals surface area contributed by atoms with Gasteiger partial charge in [-0.2, -0.15) is 0 Å². The second-order valence-corrected chi connectivity index (χ2v) is 4.71. The van der Waals surface area contributed by atoms with E-state index in [1.54, 1.807) is 0 Å². The molecule has 120 valence electrons. The maximum Gasteiger partial charge on any atom is 0.0851 e. The van der Waals surface area contributed by atoms with Crippen molar-refractivity contribution in [1.82, 2.24) is 0 Å². The van der Waals surface area contributed by atoms with Gasteiger partial charge in [0.15, 0.2) is 0 Å². The third kappa shape index (κ3) is 22.2. The summed E-state index contributed by atoms with van der Waals surface area (Å²) >= 11 is 0. The summed E-state index contributed by atoms with van der Waals surface area (Å²) in [5.74, 6) is 0.318. The van der Waals surface area contributed by atoms with Crippen LogP contribution in [0.1, 0.15) is 87.0 Å². The van der Waals surface area contributed by atoms with Crippen molar-refractivity contribution < 1.29 is 5.11 Å². The van der Waals surface area contributed by atoms with Gasteiger partial charge in [-0.05, 0) is 38.7 Å². The summed E-state index contributed by atoms with van der Waals surface area (Å²) < 4.78 is 0. The number of rotatable bonds is 7. The van der Waals surface area contributed by atoms with Crippen molar-refractivity contribution >= 4 is 0 Å². The van der Waals surface area contributed by atoms with E-state index in [0.717, 1.165) is 25.7 Å². The van der Waals surface area contributed by atoms with E-state index in [4.69, 9.17) is 5.11 Å². The van der Waals surface area contributed by atoms with Crippen LogP contribution in [0.5, 0.6) is 0 Å². The first-order valence-corrected chi connectivity index (χ1v) is 8.19. The summed E-state index contributed by atoms with van der Waals surface area (Å²) in [7, 11) is 0. The molecule has 0 aromatic rings. The Balaban J connectivity index is -0.000000262. The molecule has 0 aliphatic rings. The lowest BCUT2D eigenvalue weighted by Crippen LogP contribution is -1.78. The van der Waals surface area contributed by atoms with E-state index in [-0.39, 0.29) is 0 Å². The molecule has 0 aromatic heterocycles. The van der Waals surface area contributed by atoms with Crippen LogP contribution in [0.25, 0.3) is 0 Å². The monoisotopic (exact) mass is 282 g/mol. The summed E-state index contributed by atoms with van der Waals surface area (Å²) in [6.07, 6.45) is 11.0. The van der Waals surface area contributed by atoms with Gasteiger partial charge >= 0.3 is 0 Å². The average Bonchev–Trinajstić information content (AvgIpc) is 2.42. The van der Waals surface area contributed by atoms with Crippen LogP contribution in [0.3, 0.4) is 0 Å². The van der Waals surface area contributed by atoms with Crippen molar-refractivity contribution in [1.29, 1.82) is 0 Å². The van der Waals surface area contributed by atoms with Crippen LogP contribution in [-0.4, -0.2) is 5.11 Å². The van der Waals surface area contributed by atoms with Gasteiger partial charge in [-0.3, -0.25) is 0 Å². The Morgan fingerprint density at radius 2 is 1.60 bits per heavy atom. The minimum atomic E-state index is 0.318. The van der Waals surface area contributed by atoms with Crippen LogP contribution in [0.2, 0.25) is 0 Å². The predicted octanol–water partition coefficient (Wildman–Crippen LogP) is 7.36. The van der Waals surface area contributed by atoms with Crippen LogP contribution >= 0.6 is 0 Å². The number of aliphatic hydroxyl groups excluding tert-OH is 1. The Labute approximate surface area is 128 Å². The summed E-state index contributed by atoms with van der Waals surface area (Å²) in [6, 6.07) is 0. The molecular weight excluding hydrogens is 244 g/mol. The highest BCUT2D eigenvalue weighted by Gasteiger charge is 1.88. The lowest BCUT2D eigenvalue weighted by atomic mass is 10.1. The fourth-order valence-corrected chi connectivity index (χ4v) is 1.48. The van der Waals surface area contributed by atoms with E-state index < -0.39 is 0 Å². The van der Waals surface area contributed by atoms with Gasteiger partial charge < -0.3 is 5.11 Å². The molecule has 1 heteroatoms. The number of allylic oxidation sites excluding steroid dienone is 5. The number of aliphatic hydroxyl groups is 1. The molecule has 0 fully saturated rings. The smallest absolute Gasteiger partial charge is 0.0851 e. The minimum Gasteiger partial charge on any atom is -0.513 e. The minimum absolute atomic E-state index is 0.318. The fourth-order valence-electron chi connectivity index (χ4n) is 1.48. The molecule has 1 N–H and O–H groups in total. The summed E-state index contributed by atoms with van der Waals surface area (Å²) in [6.45, 7) is 18.2. The zero-order chi connectivity index (χ0) is 16.4. The number of hydrogen-bond donors (Lipinski definition) is 1. The molecule has 0 atom stereocenters. The van der Waals surface area contributed by atoms with Gasteiger partial charge in [0, 0.05) is 6.42 Å². The Bertz CT molecular complexity index is 255. The molecule has 0 saturated carbocycles. The van der Waals surface area contributed by atoms with Gasteiger partial charge in [0.2, 0.25) is 0 Å². The van der Waals surface area contributed by atoms with Crippen LogP contribution in [0.15, 0.2) is 35.6 Å². The van der Waals surface area contributed by atoms with Crippen molar-refractivity contribution in [3.63, 3.8) is 0 Å². The highest BCUT2D eigenvalue weighted by molar-refractivity contribution is 5.22. The zero-order valence-corrected chi connectivity index (χ0v) is 15.1. The van der Waals surface area contributed by atoms with Crippen LogP contribution < -0.4 is 0 Å². The zero-order valence-electron chi connectivity index (χ0n) is 15.1. The Kier molecular flexibility index (Phi) is 24.5. The number of hydrogen-bond acceptors (Lipinski definition) is 1. The van der Waals surface area contributed by atoms with Crippen molar-refractivity contribution in [3.05, 3.63) is 35.6 Å². The van der Waals surface area contributed by atoms with Crippen LogP contribution in [0, 0.1) is 0 Å². The average molecular weight is 283 g/mol.